The summed E-state index contributed by atoms with van der Waals surface area (Å²) < 4.78 is 42.0. The van der Waals surface area contributed by atoms with E-state index < -0.39 is 12.3 Å². The van der Waals surface area contributed by atoms with Crippen molar-refractivity contribution in [2.45, 2.75) is 12.3 Å². The Balaban J connectivity index is 3.14. The first-order valence-corrected chi connectivity index (χ1v) is 4.73. The molecule has 1 N–H and O–H groups in total. The summed E-state index contributed by atoms with van der Waals surface area (Å²) in [5, 5.41) is 9.04. The fourth-order valence-corrected chi connectivity index (χ4v) is 1.43. The number of rotatable bonds is 2. The van der Waals surface area contributed by atoms with Gasteiger partial charge in [-0.3, -0.25) is 0 Å². The first kappa shape index (κ1) is 12.3. The summed E-state index contributed by atoms with van der Waals surface area (Å²) in [6.45, 7) is 0. The Labute approximate surface area is 92.8 Å². The summed E-state index contributed by atoms with van der Waals surface area (Å²) in [7, 11) is 1.24. The van der Waals surface area contributed by atoms with Gasteiger partial charge < -0.3 is 9.84 Å². The van der Waals surface area contributed by atoms with Gasteiger partial charge in [0.05, 0.1) is 7.11 Å². The van der Waals surface area contributed by atoms with Gasteiger partial charge in [-0.05, 0) is 12.1 Å². The first-order valence-electron chi connectivity index (χ1n) is 3.94. The van der Waals surface area contributed by atoms with Crippen molar-refractivity contribution in [3.05, 3.63) is 28.2 Å². The fraction of sp³-hybridized carbons (Fsp3) is 0.333. The van der Waals surface area contributed by atoms with Crippen LogP contribution in [0.4, 0.5) is 13.2 Å². The van der Waals surface area contributed by atoms with Crippen LogP contribution in [0.2, 0.25) is 0 Å². The van der Waals surface area contributed by atoms with Gasteiger partial charge in [0.2, 0.25) is 0 Å². The molecule has 0 aliphatic heterocycles. The number of benzene rings is 1. The highest BCUT2D eigenvalue weighted by Gasteiger charge is 2.40. The van der Waals surface area contributed by atoms with Crippen LogP contribution < -0.4 is 4.74 Å². The van der Waals surface area contributed by atoms with E-state index in [0.29, 0.717) is 4.47 Å². The Morgan fingerprint density at radius 1 is 1.40 bits per heavy atom. The second kappa shape index (κ2) is 4.40. The van der Waals surface area contributed by atoms with E-state index in [0.717, 1.165) is 0 Å². The molecule has 0 aromatic heterocycles. The van der Waals surface area contributed by atoms with Gasteiger partial charge >= 0.3 is 6.18 Å². The van der Waals surface area contributed by atoms with Gasteiger partial charge in [-0.15, -0.1) is 0 Å². The molecule has 1 aromatic rings. The van der Waals surface area contributed by atoms with Crippen LogP contribution in [0.3, 0.4) is 0 Å². The molecule has 15 heavy (non-hydrogen) atoms. The summed E-state index contributed by atoms with van der Waals surface area (Å²) in [5.74, 6) is -0.00537. The Morgan fingerprint density at radius 3 is 2.47 bits per heavy atom. The van der Waals surface area contributed by atoms with Gasteiger partial charge in [0.1, 0.15) is 5.75 Å². The van der Waals surface area contributed by atoms with Gasteiger partial charge in [-0.2, -0.15) is 13.2 Å². The van der Waals surface area contributed by atoms with Crippen molar-refractivity contribution in [2.24, 2.45) is 0 Å². The lowest BCUT2D eigenvalue weighted by Crippen LogP contribution is -2.20. The van der Waals surface area contributed by atoms with Gasteiger partial charge in [0, 0.05) is 10.0 Å². The van der Waals surface area contributed by atoms with Crippen LogP contribution in [0.25, 0.3) is 0 Å². The Kier molecular flexibility index (Phi) is 3.62. The number of aliphatic hydroxyl groups is 1. The number of halogens is 4. The molecular weight excluding hydrogens is 277 g/mol. The summed E-state index contributed by atoms with van der Waals surface area (Å²) in [6, 6.07) is 3.94. The molecule has 0 fully saturated rings. The van der Waals surface area contributed by atoms with E-state index in [1.54, 1.807) is 0 Å². The second-order valence-corrected chi connectivity index (χ2v) is 3.75. The Hall–Kier alpha value is -0.750. The zero-order valence-corrected chi connectivity index (χ0v) is 9.26. The monoisotopic (exact) mass is 284 g/mol. The molecule has 0 heterocycles. The molecule has 0 radical (unpaired) electrons. The van der Waals surface area contributed by atoms with E-state index in [4.69, 9.17) is 9.84 Å². The van der Waals surface area contributed by atoms with Crippen LogP contribution >= 0.6 is 15.9 Å². The van der Waals surface area contributed by atoms with E-state index in [1.807, 2.05) is 0 Å². The van der Waals surface area contributed by atoms with E-state index in [1.165, 1.54) is 25.3 Å². The molecule has 0 amide bonds. The SMILES string of the molecule is COc1cc(Br)ccc1[C@H](O)C(F)(F)F. The Bertz CT molecular complexity index is 352. The van der Waals surface area contributed by atoms with Crippen LogP contribution in [-0.4, -0.2) is 18.4 Å². The van der Waals surface area contributed by atoms with Gasteiger partial charge in [-0.1, -0.05) is 22.0 Å². The van der Waals surface area contributed by atoms with Crippen LogP contribution in [0.15, 0.2) is 22.7 Å². The Morgan fingerprint density at radius 2 is 2.00 bits per heavy atom. The van der Waals surface area contributed by atoms with Gasteiger partial charge in [0.25, 0.3) is 0 Å². The second-order valence-electron chi connectivity index (χ2n) is 2.83. The quantitative estimate of drug-likeness (QED) is 0.905. The summed E-state index contributed by atoms with van der Waals surface area (Å²) in [4.78, 5) is 0. The normalized spacial score (nSPS) is 13.7. The maximum absolute atomic E-state index is 12.2. The molecule has 1 rings (SSSR count). The fourth-order valence-electron chi connectivity index (χ4n) is 1.09. The number of hydrogen-bond acceptors (Lipinski definition) is 2. The standard InChI is InChI=1S/C9H8BrF3O2/c1-15-7-4-5(10)2-3-6(7)8(14)9(11,12)13/h2-4,8,14H,1H3/t8-/m0/s1. The summed E-state index contributed by atoms with van der Waals surface area (Å²) in [6.07, 6.45) is -7.22. The molecule has 0 bridgehead atoms. The van der Waals surface area contributed by atoms with Crippen LogP contribution in [0.5, 0.6) is 5.75 Å². The highest BCUT2D eigenvalue weighted by atomic mass is 79.9. The molecule has 0 unspecified atom stereocenters. The minimum Gasteiger partial charge on any atom is -0.496 e. The minimum atomic E-state index is -4.69. The van der Waals surface area contributed by atoms with Crippen molar-refractivity contribution >= 4 is 15.9 Å². The molecule has 0 saturated carbocycles. The molecule has 0 spiro atoms. The summed E-state index contributed by atoms with van der Waals surface area (Å²) in [5.41, 5.74) is -0.298. The molecule has 0 saturated heterocycles. The first-order chi connectivity index (χ1) is 6.86. The van der Waals surface area contributed by atoms with Crippen molar-refractivity contribution in [3.8, 4) is 5.75 Å². The third-order valence-corrected chi connectivity index (χ3v) is 2.29. The number of ether oxygens (including phenoxy) is 1. The molecule has 1 aromatic carbocycles. The highest BCUT2D eigenvalue weighted by Crippen LogP contribution is 2.37. The highest BCUT2D eigenvalue weighted by molar-refractivity contribution is 9.10. The predicted octanol–water partition coefficient (Wildman–Crippen LogP) is 3.05. The molecule has 6 heteroatoms. The zero-order valence-electron chi connectivity index (χ0n) is 7.68. The van der Waals surface area contributed by atoms with Crippen LogP contribution in [-0.2, 0) is 0 Å². The average Bonchev–Trinajstić information content (AvgIpc) is 2.15. The molecule has 0 aliphatic carbocycles. The van der Waals surface area contributed by atoms with Gasteiger partial charge in [0.15, 0.2) is 6.10 Å². The van der Waals surface area contributed by atoms with Crippen molar-refractivity contribution in [2.75, 3.05) is 7.11 Å². The van der Waals surface area contributed by atoms with Crippen LogP contribution in [0, 0.1) is 0 Å². The lowest BCUT2D eigenvalue weighted by molar-refractivity contribution is -0.207. The molecular formula is C9H8BrF3O2. The molecule has 1 atom stereocenters. The maximum atomic E-state index is 12.2. The van der Waals surface area contributed by atoms with E-state index in [-0.39, 0.29) is 11.3 Å². The molecule has 84 valence electrons. The van der Waals surface area contributed by atoms with Crippen molar-refractivity contribution < 1.29 is 23.0 Å². The molecule has 0 aliphatic rings. The third kappa shape index (κ3) is 2.85. The average molecular weight is 285 g/mol. The lowest BCUT2D eigenvalue weighted by atomic mass is 10.1. The lowest BCUT2D eigenvalue weighted by Gasteiger charge is -2.17. The third-order valence-electron chi connectivity index (χ3n) is 1.80. The summed E-state index contributed by atoms with van der Waals surface area (Å²) >= 11 is 3.09. The van der Waals surface area contributed by atoms with E-state index in [2.05, 4.69) is 15.9 Å². The van der Waals surface area contributed by atoms with E-state index in [9.17, 15) is 13.2 Å². The topological polar surface area (TPSA) is 29.5 Å². The van der Waals surface area contributed by atoms with Crippen molar-refractivity contribution in [3.63, 3.8) is 0 Å². The predicted molar refractivity (Wildman–Crippen MR) is 51.7 cm³/mol. The number of methoxy groups -OCH3 is 1. The zero-order chi connectivity index (χ0) is 11.6. The largest absolute Gasteiger partial charge is 0.496 e. The maximum Gasteiger partial charge on any atom is 0.418 e. The van der Waals surface area contributed by atoms with E-state index >= 15 is 0 Å². The molecule has 2 nitrogen and oxygen atoms in total. The smallest absolute Gasteiger partial charge is 0.418 e. The van der Waals surface area contributed by atoms with Gasteiger partial charge in [-0.25, -0.2) is 0 Å². The number of alkyl halides is 3. The minimum absolute atomic E-state index is 0.00537. The van der Waals surface area contributed by atoms with Crippen molar-refractivity contribution in [1.29, 1.82) is 0 Å². The van der Waals surface area contributed by atoms with Crippen LogP contribution in [0.1, 0.15) is 11.7 Å². The number of aliphatic hydroxyl groups excluding tert-OH is 1. The van der Waals surface area contributed by atoms with Crippen molar-refractivity contribution in [1.82, 2.24) is 0 Å². The number of hydrogen-bond donors (Lipinski definition) is 1.